The fraction of sp³-hybridized carbons (Fsp3) is 0. The molecule has 4 rings (SSSR count). The first-order valence-corrected chi connectivity index (χ1v) is 7.86. The summed E-state index contributed by atoms with van der Waals surface area (Å²) < 4.78 is 0. The molecule has 23 heavy (non-hydrogen) atoms. The molecule has 0 aromatic heterocycles. The molecule has 0 saturated carbocycles. The molecule has 0 fully saturated rings. The summed E-state index contributed by atoms with van der Waals surface area (Å²) in [4.78, 5) is 4.74. The molecule has 3 aromatic carbocycles. The van der Waals surface area contributed by atoms with Gasteiger partial charge in [0, 0.05) is 11.1 Å². The second kappa shape index (κ2) is 5.41. The minimum absolute atomic E-state index is 0.121. The van der Waals surface area contributed by atoms with E-state index in [1.807, 2.05) is 24.3 Å². The van der Waals surface area contributed by atoms with Gasteiger partial charge in [0.15, 0.2) is 5.75 Å². The maximum Gasteiger partial charge on any atom is 0.152 e. The lowest BCUT2D eigenvalue weighted by atomic mass is 10.1. The van der Waals surface area contributed by atoms with E-state index >= 15 is 0 Å². The van der Waals surface area contributed by atoms with E-state index < -0.39 is 0 Å². The van der Waals surface area contributed by atoms with Crippen molar-refractivity contribution < 1.29 is 5.11 Å². The first kappa shape index (κ1) is 14.3. The molecule has 0 bridgehead atoms. The fourth-order valence-electron chi connectivity index (χ4n) is 2.86. The van der Waals surface area contributed by atoms with Crippen molar-refractivity contribution in [1.29, 1.82) is 0 Å². The molecule has 112 valence electrons. The van der Waals surface area contributed by atoms with Gasteiger partial charge in [0.1, 0.15) is 0 Å². The number of halogens is 2. The molecule has 0 amide bonds. The van der Waals surface area contributed by atoms with Crippen molar-refractivity contribution in [3.8, 4) is 16.9 Å². The predicted molar refractivity (Wildman–Crippen MR) is 95.3 cm³/mol. The summed E-state index contributed by atoms with van der Waals surface area (Å²) in [5.74, 6) is -0.121. The van der Waals surface area contributed by atoms with Crippen molar-refractivity contribution >= 4 is 34.6 Å². The largest absolute Gasteiger partial charge is 0.505 e. The first-order valence-electron chi connectivity index (χ1n) is 7.11. The van der Waals surface area contributed by atoms with Crippen LogP contribution in [-0.2, 0) is 0 Å². The minimum atomic E-state index is -0.121. The van der Waals surface area contributed by atoms with Crippen LogP contribution in [0.4, 0.5) is 5.69 Å². The quantitative estimate of drug-likeness (QED) is 0.463. The Kier molecular flexibility index (Phi) is 3.37. The maximum atomic E-state index is 9.69. The van der Waals surface area contributed by atoms with Crippen molar-refractivity contribution in [2.75, 3.05) is 0 Å². The molecule has 0 saturated heterocycles. The minimum Gasteiger partial charge on any atom is -0.505 e. The van der Waals surface area contributed by atoms with Crippen LogP contribution in [0.5, 0.6) is 5.75 Å². The Morgan fingerprint density at radius 3 is 1.61 bits per heavy atom. The van der Waals surface area contributed by atoms with E-state index in [-0.39, 0.29) is 15.8 Å². The molecule has 0 atom stereocenters. The zero-order valence-corrected chi connectivity index (χ0v) is 13.4. The molecule has 0 spiro atoms. The smallest absolute Gasteiger partial charge is 0.152 e. The monoisotopic (exact) mass is 339 g/mol. The van der Waals surface area contributed by atoms with Crippen molar-refractivity contribution in [1.82, 2.24) is 0 Å². The van der Waals surface area contributed by atoms with Crippen LogP contribution in [0.25, 0.3) is 11.1 Å². The van der Waals surface area contributed by atoms with Gasteiger partial charge in [0.2, 0.25) is 0 Å². The number of phenolic OH excluding ortho intramolecular Hbond substituents is 1. The molecule has 0 unspecified atom stereocenters. The van der Waals surface area contributed by atoms with Gasteiger partial charge in [-0.1, -0.05) is 71.7 Å². The molecule has 0 aliphatic heterocycles. The van der Waals surface area contributed by atoms with Gasteiger partial charge in [-0.15, -0.1) is 0 Å². The summed E-state index contributed by atoms with van der Waals surface area (Å²) in [6.07, 6.45) is 0. The van der Waals surface area contributed by atoms with Crippen LogP contribution in [-0.4, -0.2) is 10.8 Å². The van der Waals surface area contributed by atoms with Crippen molar-refractivity contribution in [2.24, 2.45) is 4.99 Å². The highest BCUT2D eigenvalue weighted by Crippen LogP contribution is 2.40. The fourth-order valence-corrected chi connectivity index (χ4v) is 3.34. The molecule has 2 nitrogen and oxygen atoms in total. The number of benzene rings is 3. The summed E-state index contributed by atoms with van der Waals surface area (Å²) >= 11 is 12.0. The van der Waals surface area contributed by atoms with Gasteiger partial charge >= 0.3 is 0 Å². The zero-order valence-electron chi connectivity index (χ0n) is 11.9. The van der Waals surface area contributed by atoms with E-state index in [0.717, 1.165) is 28.0 Å². The van der Waals surface area contributed by atoms with E-state index in [0.29, 0.717) is 5.69 Å². The molecular weight excluding hydrogens is 329 g/mol. The molecule has 1 aliphatic rings. The van der Waals surface area contributed by atoms with Crippen LogP contribution < -0.4 is 0 Å². The Balaban J connectivity index is 1.95. The van der Waals surface area contributed by atoms with E-state index in [9.17, 15) is 5.11 Å². The van der Waals surface area contributed by atoms with Crippen molar-refractivity contribution in [3.05, 3.63) is 81.8 Å². The lowest BCUT2D eigenvalue weighted by molar-refractivity contribution is 0.476. The third-order valence-corrected chi connectivity index (χ3v) is 4.47. The predicted octanol–water partition coefficient (Wildman–Crippen LogP) is 5.85. The standard InChI is InChI=1S/C19H11Cl2NO/c20-16-9-11(10-17(21)19(16)23)22-18-14-7-3-1-5-12(14)13-6-2-4-8-15(13)18/h1-10,23H. The van der Waals surface area contributed by atoms with Crippen LogP contribution in [0.3, 0.4) is 0 Å². The van der Waals surface area contributed by atoms with Gasteiger partial charge in [0.25, 0.3) is 0 Å². The Morgan fingerprint density at radius 2 is 1.13 bits per heavy atom. The van der Waals surface area contributed by atoms with Gasteiger partial charge in [-0.2, -0.15) is 0 Å². The average Bonchev–Trinajstić information content (AvgIpc) is 2.87. The van der Waals surface area contributed by atoms with Crippen molar-refractivity contribution in [2.45, 2.75) is 0 Å². The number of rotatable bonds is 1. The Morgan fingerprint density at radius 1 is 0.696 bits per heavy atom. The number of aromatic hydroxyl groups is 1. The number of aliphatic imine (C=N–C) groups is 1. The Bertz CT molecular complexity index is 893. The number of fused-ring (bicyclic) bond motifs is 3. The summed E-state index contributed by atoms with van der Waals surface area (Å²) in [6.45, 7) is 0. The third-order valence-electron chi connectivity index (χ3n) is 3.90. The van der Waals surface area contributed by atoms with Gasteiger partial charge < -0.3 is 5.11 Å². The zero-order chi connectivity index (χ0) is 16.0. The first-order chi connectivity index (χ1) is 11.1. The number of hydrogen-bond donors (Lipinski definition) is 1. The highest BCUT2D eigenvalue weighted by Gasteiger charge is 2.24. The van der Waals surface area contributed by atoms with Crippen LogP contribution >= 0.6 is 23.2 Å². The summed E-state index contributed by atoms with van der Waals surface area (Å²) in [5.41, 5.74) is 5.98. The van der Waals surface area contributed by atoms with Crippen LogP contribution in [0.1, 0.15) is 11.1 Å². The van der Waals surface area contributed by atoms with E-state index in [1.165, 1.54) is 0 Å². The van der Waals surface area contributed by atoms with Gasteiger partial charge in [-0.25, -0.2) is 4.99 Å². The summed E-state index contributed by atoms with van der Waals surface area (Å²) in [7, 11) is 0. The molecule has 1 aliphatic carbocycles. The van der Waals surface area contributed by atoms with Gasteiger partial charge in [-0.05, 0) is 23.3 Å². The topological polar surface area (TPSA) is 32.6 Å². The molecule has 0 heterocycles. The number of phenols is 1. The second-order valence-corrected chi connectivity index (χ2v) is 6.12. The Hall–Kier alpha value is -2.29. The highest BCUT2D eigenvalue weighted by atomic mass is 35.5. The third kappa shape index (κ3) is 2.31. The highest BCUT2D eigenvalue weighted by molar-refractivity contribution is 6.37. The summed E-state index contributed by atoms with van der Waals surface area (Å²) in [6, 6.07) is 19.5. The second-order valence-electron chi connectivity index (χ2n) is 5.31. The summed E-state index contributed by atoms with van der Waals surface area (Å²) in [5, 5.41) is 10.1. The van der Waals surface area contributed by atoms with E-state index in [2.05, 4.69) is 24.3 Å². The van der Waals surface area contributed by atoms with Gasteiger partial charge in [0.05, 0.1) is 21.4 Å². The lowest BCUT2D eigenvalue weighted by Gasteiger charge is -2.05. The number of hydrogen-bond acceptors (Lipinski definition) is 2. The van der Waals surface area contributed by atoms with Crippen LogP contribution in [0.2, 0.25) is 10.0 Å². The van der Waals surface area contributed by atoms with Crippen LogP contribution in [0, 0.1) is 0 Å². The van der Waals surface area contributed by atoms with E-state index in [1.54, 1.807) is 12.1 Å². The van der Waals surface area contributed by atoms with E-state index in [4.69, 9.17) is 28.2 Å². The van der Waals surface area contributed by atoms with Crippen molar-refractivity contribution in [3.63, 3.8) is 0 Å². The molecule has 3 aromatic rings. The average molecular weight is 340 g/mol. The Labute approximate surface area is 143 Å². The SMILES string of the molecule is Oc1c(Cl)cc(N=C2c3ccccc3-c3ccccc32)cc1Cl. The maximum absolute atomic E-state index is 9.69. The number of nitrogens with zero attached hydrogens (tertiary/aromatic N) is 1. The molecular formula is C19H11Cl2NO. The van der Waals surface area contributed by atoms with Crippen LogP contribution in [0.15, 0.2) is 65.7 Å². The molecule has 4 heteroatoms. The lowest BCUT2D eigenvalue weighted by Crippen LogP contribution is -1.97. The molecule has 0 radical (unpaired) electrons. The van der Waals surface area contributed by atoms with Gasteiger partial charge in [-0.3, -0.25) is 0 Å². The normalized spacial score (nSPS) is 12.0. The molecule has 1 N–H and O–H groups in total.